The molecule has 0 aliphatic rings. The third kappa shape index (κ3) is 3.11. The van der Waals surface area contributed by atoms with Gasteiger partial charge < -0.3 is 4.57 Å². The lowest BCUT2D eigenvalue weighted by Gasteiger charge is -2.17. The fourth-order valence-corrected chi connectivity index (χ4v) is 4.06. The van der Waals surface area contributed by atoms with E-state index in [0.717, 1.165) is 27.9 Å². The Labute approximate surface area is 150 Å². The molecule has 0 bridgehead atoms. The Bertz CT molecular complexity index is 965. The van der Waals surface area contributed by atoms with Gasteiger partial charge in [-0.05, 0) is 43.3 Å². The molecule has 0 spiro atoms. The lowest BCUT2D eigenvalue weighted by atomic mass is 10.3. The van der Waals surface area contributed by atoms with Crippen LogP contribution >= 0.6 is 15.9 Å². The summed E-state index contributed by atoms with van der Waals surface area (Å²) >= 11 is 3.32. The molecule has 0 saturated carbocycles. The van der Waals surface area contributed by atoms with Crippen molar-refractivity contribution in [3.8, 4) is 0 Å². The second kappa shape index (κ2) is 6.66. The summed E-state index contributed by atoms with van der Waals surface area (Å²) in [5.41, 5.74) is 1.90. The fourth-order valence-electron chi connectivity index (χ4n) is 2.67. The number of hydrogen-bond acceptors (Lipinski definition) is 3. The summed E-state index contributed by atoms with van der Waals surface area (Å²) in [7, 11) is -1.98. The van der Waals surface area contributed by atoms with Crippen molar-refractivity contribution in [3.63, 3.8) is 0 Å². The molecule has 0 aliphatic carbocycles. The SMILES string of the molecule is CCn1c(CN(C)S(=O)(=O)c2ccc(Br)cc2)nc2ccccc21. The summed E-state index contributed by atoms with van der Waals surface area (Å²) in [5, 5.41) is 0. The van der Waals surface area contributed by atoms with Gasteiger partial charge in [-0.2, -0.15) is 4.31 Å². The van der Waals surface area contributed by atoms with E-state index in [1.807, 2.05) is 35.8 Å². The van der Waals surface area contributed by atoms with Gasteiger partial charge in [-0.25, -0.2) is 13.4 Å². The normalized spacial score (nSPS) is 12.2. The number of aromatic nitrogens is 2. The van der Waals surface area contributed by atoms with Gasteiger partial charge in [-0.15, -0.1) is 0 Å². The molecule has 0 amide bonds. The summed E-state index contributed by atoms with van der Waals surface area (Å²) < 4.78 is 29.7. The van der Waals surface area contributed by atoms with Crippen LogP contribution in [-0.4, -0.2) is 29.3 Å². The first-order valence-electron chi connectivity index (χ1n) is 7.59. The van der Waals surface area contributed by atoms with Crippen LogP contribution in [0.25, 0.3) is 11.0 Å². The van der Waals surface area contributed by atoms with Crippen molar-refractivity contribution in [2.45, 2.75) is 24.9 Å². The van der Waals surface area contributed by atoms with E-state index in [1.165, 1.54) is 4.31 Å². The zero-order valence-corrected chi connectivity index (χ0v) is 15.9. The zero-order valence-electron chi connectivity index (χ0n) is 13.5. The van der Waals surface area contributed by atoms with Gasteiger partial charge in [0, 0.05) is 18.1 Å². The number of rotatable bonds is 5. The number of benzene rings is 2. The number of para-hydroxylation sites is 2. The van der Waals surface area contributed by atoms with Gasteiger partial charge in [0.15, 0.2) is 0 Å². The monoisotopic (exact) mass is 407 g/mol. The molecule has 2 aromatic carbocycles. The molecule has 0 saturated heterocycles. The second-order valence-electron chi connectivity index (χ2n) is 5.48. The average molecular weight is 408 g/mol. The molecular weight excluding hydrogens is 390 g/mol. The van der Waals surface area contributed by atoms with Gasteiger partial charge in [-0.1, -0.05) is 28.1 Å². The van der Waals surface area contributed by atoms with Gasteiger partial charge in [0.2, 0.25) is 10.0 Å². The third-order valence-electron chi connectivity index (χ3n) is 3.94. The minimum Gasteiger partial charge on any atom is -0.327 e. The van der Waals surface area contributed by atoms with Crippen LogP contribution < -0.4 is 0 Å². The molecule has 0 radical (unpaired) electrons. The van der Waals surface area contributed by atoms with E-state index in [4.69, 9.17) is 0 Å². The molecule has 1 heterocycles. The van der Waals surface area contributed by atoms with Crippen molar-refractivity contribution >= 4 is 37.0 Å². The molecular formula is C17H18BrN3O2S. The Morgan fingerprint density at radius 3 is 2.46 bits per heavy atom. The molecule has 3 aromatic rings. The maximum atomic E-state index is 12.7. The Kier molecular flexibility index (Phi) is 4.76. The van der Waals surface area contributed by atoms with Crippen LogP contribution in [0.4, 0.5) is 0 Å². The third-order valence-corrected chi connectivity index (χ3v) is 6.28. The van der Waals surface area contributed by atoms with E-state index in [2.05, 4.69) is 20.9 Å². The van der Waals surface area contributed by atoms with Gasteiger partial charge in [-0.3, -0.25) is 0 Å². The molecule has 3 rings (SSSR count). The number of sulfonamides is 1. The second-order valence-corrected chi connectivity index (χ2v) is 8.44. The van der Waals surface area contributed by atoms with Crippen molar-refractivity contribution in [1.82, 2.24) is 13.9 Å². The number of imidazole rings is 1. The first-order valence-corrected chi connectivity index (χ1v) is 9.83. The topological polar surface area (TPSA) is 55.2 Å². The van der Waals surface area contributed by atoms with E-state index in [0.29, 0.717) is 0 Å². The van der Waals surface area contributed by atoms with Crippen LogP contribution in [-0.2, 0) is 23.1 Å². The summed E-state index contributed by atoms with van der Waals surface area (Å²) in [6, 6.07) is 14.5. The minimum atomic E-state index is -3.56. The predicted octanol–water partition coefficient (Wildman–Crippen LogP) is 3.64. The summed E-state index contributed by atoms with van der Waals surface area (Å²) in [4.78, 5) is 4.86. The number of aryl methyl sites for hydroxylation is 1. The Hall–Kier alpha value is -1.70. The Balaban J connectivity index is 1.94. The lowest BCUT2D eigenvalue weighted by molar-refractivity contribution is 0.449. The average Bonchev–Trinajstić information content (AvgIpc) is 2.92. The molecule has 0 unspecified atom stereocenters. The maximum absolute atomic E-state index is 12.7. The van der Waals surface area contributed by atoms with Crippen LogP contribution in [0.15, 0.2) is 57.9 Å². The van der Waals surface area contributed by atoms with Crippen molar-refractivity contribution in [3.05, 3.63) is 58.8 Å². The van der Waals surface area contributed by atoms with Crippen LogP contribution in [0.3, 0.4) is 0 Å². The van der Waals surface area contributed by atoms with Gasteiger partial charge in [0.1, 0.15) is 5.82 Å². The zero-order chi connectivity index (χ0) is 17.3. The minimum absolute atomic E-state index is 0.223. The highest BCUT2D eigenvalue weighted by Gasteiger charge is 2.23. The molecule has 1 aromatic heterocycles. The molecule has 0 fully saturated rings. The molecule has 0 aliphatic heterocycles. The van der Waals surface area contributed by atoms with E-state index < -0.39 is 10.0 Å². The predicted molar refractivity (Wildman–Crippen MR) is 98.2 cm³/mol. The van der Waals surface area contributed by atoms with Crippen molar-refractivity contribution in [2.75, 3.05) is 7.05 Å². The van der Waals surface area contributed by atoms with Crippen molar-refractivity contribution in [1.29, 1.82) is 0 Å². The van der Waals surface area contributed by atoms with E-state index >= 15 is 0 Å². The van der Waals surface area contributed by atoms with Crippen LogP contribution in [0.2, 0.25) is 0 Å². The Morgan fingerprint density at radius 1 is 1.12 bits per heavy atom. The first-order chi connectivity index (χ1) is 11.4. The van der Waals surface area contributed by atoms with E-state index in [-0.39, 0.29) is 11.4 Å². The van der Waals surface area contributed by atoms with E-state index in [9.17, 15) is 8.42 Å². The molecule has 0 N–H and O–H groups in total. The van der Waals surface area contributed by atoms with Crippen LogP contribution in [0, 0.1) is 0 Å². The van der Waals surface area contributed by atoms with Crippen LogP contribution in [0.1, 0.15) is 12.7 Å². The highest BCUT2D eigenvalue weighted by atomic mass is 79.9. The van der Waals surface area contributed by atoms with Crippen molar-refractivity contribution in [2.24, 2.45) is 0 Å². The van der Waals surface area contributed by atoms with Crippen LogP contribution in [0.5, 0.6) is 0 Å². The number of nitrogens with zero attached hydrogens (tertiary/aromatic N) is 3. The summed E-state index contributed by atoms with van der Waals surface area (Å²) in [5.74, 6) is 0.738. The molecule has 24 heavy (non-hydrogen) atoms. The smallest absolute Gasteiger partial charge is 0.243 e. The van der Waals surface area contributed by atoms with Crippen molar-refractivity contribution < 1.29 is 8.42 Å². The number of halogens is 1. The Morgan fingerprint density at radius 2 is 1.79 bits per heavy atom. The standard InChI is InChI=1S/C17H18BrN3O2S/c1-3-21-16-7-5-4-6-15(16)19-17(21)12-20(2)24(22,23)14-10-8-13(18)9-11-14/h4-11H,3,12H2,1-2H3. The largest absolute Gasteiger partial charge is 0.327 e. The maximum Gasteiger partial charge on any atom is 0.243 e. The van der Waals surface area contributed by atoms with E-state index in [1.54, 1.807) is 31.3 Å². The number of hydrogen-bond donors (Lipinski definition) is 0. The first kappa shape index (κ1) is 17.1. The molecule has 0 atom stereocenters. The molecule has 7 heteroatoms. The number of fused-ring (bicyclic) bond motifs is 1. The summed E-state index contributed by atoms with van der Waals surface area (Å²) in [6.45, 7) is 2.99. The van der Waals surface area contributed by atoms with Gasteiger partial charge in [0.05, 0.1) is 22.5 Å². The molecule has 126 valence electrons. The van der Waals surface area contributed by atoms with Gasteiger partial charge in [0.25, 0.3) is 0 Å². The lowest BCUT2D eigenvalue weighted by Crippen LogP contribution is -2.28. The summed E-state index contributed by atoms with van der Waals surface area (Å²) in [6.07, 6.45) is 0. The fraction of sp³-hybridized carbons (Fsp3) is 0.235. The molecule has 5 nitrogen and oxygen atoms in total. The van der Waals surface area contributed by atoms with Gasteiger partial charge >= 0.3 is 0 Å². The quantitative estimate of drug-likeness (QED) is 0.648. The highest BCUT2D eigenvalue weighted by molar-refractivity contribution is 9.10. The highest BCUT2D eigenvalue weighted by Crippen LogP contribution is 2.21.